The van der Waals surface area contributed by atoms with Gasteiger partial charge in [0.15, 0.2) is 6.61 Å². The van der Waals surface area contributed by atoms with Crippen LogP contribution in [0.2, 0.25) is 0 Å². The number of carbonyl (C=O) groups is 2. The fourth-order valence-electron chi connectivity index (χ4n) is 1.60. The zero-order valence-corrected chi connectivity index (χ0v) is 13.4. The number of rotatable bonds is 11. The summed E-state index contributed by atoms with van der Waals surface area (Å²) in [5.41, 5.74) is 0. The van der Waals surface area contributed by atoms with Gasteiger partial charge in [-0.2, -0.15) is 0 Å². The van der Waals surface area contributed by atoms with E-state index in [1.807, 2.05) is 25.2 Å². The van der Waals surface area contributed by atoms with Gasteiger partial charge in [0.05, 0.1) is 6.26 Å². The van der Waals surface area contributed by atoms with Crippen molar-refractivity contribution in [3.63, 3.8) is 0 Å². The van der Waals surface area contributed by atoms with Crippen LogP contribution >= 0.6 is 0 Å². The number of hydrogen-bond donors (Lipinski definition) is 2. The number of unbranched alkanes of at least 4 members (excludes halogenated alkanes) is 2. The number of carbonyl (C=O) groups excluding carboxylic acids is 2. The van der Waals surface area contributed by atoms with Crippen molar-refractivity contribution in [3.8, 4) is 0 Å². The van der Waals surface area contributed by atoms with Crippen LogP contribution in [0.15, 0.2) is 24.5 Å². The molecule has 0 rings (SSSR count). The minimum absolute atomic E-state index is 0.0798. The first-order valence-electron chi connectivity index (χ1n) is 7.58. The molecular weight excluding hydrogens is 268 g/mol. The predicted molar refractivity (Wildman–Crippen MR) is 84.7 cm³/mol. The molecule has 2 N–H and O–H groups in total. The van der Waals surface area contributed by atoms with Crippen LogP contribution in [0.4, 0.5) is 0 Å². The van der Waals surface area contributed by atoms with E-state index >= 15 is 0 Å². The normalized spacial score (nSPS) is 12.5. The van der Waals surface area contributed by atoms with E-state index in [1.165, 1.54) is 6.26 Å². The molecule has 5 heteroatoms. The van der Waals surface area contributed by atoms with Gasteiger partial charge in [-0.05, 0) is 19.3 Å². The van der Waals surface area contributed by atoms with Crippen molar-refractivity contribution in [2.45, 2.75) is 52.0 Å². The Morgan fingerprint density at radius 2 is 1.95 bits per heavy atom. The van der Waals surface area contributed by atoms with Gasteiger partial charge < -0.3 is 15.4 Å². The molecule has 0 unspecified atom stereocenters. The van der Waals surface area contributed by atoms with Crippen molar-refractivity contribution in [2.75, 3.05) is 13.7 Å². The van der Waals surface area contributed by atoms with Gasteiger partial charge in [0.2, 0.25) is 5.91 Å². The molecule has 21 heavy (non-hydrogen) atoms. The molecule has 0 aromatic rings. The van der Waals surface area contributed by atoms with Crippen molar-refractivity contribution in [3.05, 3.63) is 24.5 Å². The van der Waals surface area contributed by atoms with E-state index in [2.05, 4.69) is 17.6 Å². The predicted octanol–water partition coefficient (Wildman–Crippen LogP) is 2.29. The second-order valence-electron chi connectivity index (χ2n) is 4.67. The van der Waals surface area contributed by atoms with Crippen LogP contribution in [0.25, 0.3) is 0 Å². The number of hydrogen-bond acceptors (Lipinski definition) is 3. The molecule has 2 amide bonds. The smallest absolute Gasteiger partial charge is 0.258 e. The van der Waals surface area contributed by atoms with Gasteiger partial charge in [0.25, 0.3) is 5.91 Å². The number of ether oxygens (including phenoxy) is 1. The lowest BCUT2D eigenvalue weighted by atomic mass is 10.1. The lowest BCUT2D eigenvalue weighted by Crippen LogP contribution is -2.46. The summed E-state index contributed by atoms with van der Waals surface area (Å²) in [6, 6.07) is -0.556. The summed E-state index contributed by atoms with van der Waals surface area (Å²) in [7, 11) is 1.56. The maximum Gasteiger partial charge on any atom is 0.258 e. The molecule has 120 valence electrons. The Balaban J connectivity index is 4.22. The second kappa shape index (κ2) is 13.2. The zero-order chi connectivity index (χ0) is 15.9. The number of likely N-dealkylation sites (N-methyl/N-ethyl adjacent to an activating group) is 1. The van der Waals surface area contributed by atoms with Gasteiger partial charge >= 0.3 is 0 Å². The van der Waals surface area contributed by atoms with E-state index < -0.39 is 6.04 Å². The molecular formula is C16H28N2O3. The lowest BCUT2D eigenvalue weighted by molar-refractivity contribution is -0.130. The van der Waals surface area contributed by atoms with Gasteiger partial charge in [-0.3, -0.25) is 9.59 Å². The van der Waals surface area contributed by atoms with E-state index in [-0.39, 0.29) is 18.4 Å². The fourth-order valence-corrected chi connectivity index (χ4v) is 1.60. The molecule has 0 saturated carbocycles. The molecule has 0 aromatic heterocycles. The van der Waals surface area contributed by atoms with E-state index in [0.717, 1.165) is 25.7 Å². The minimum Gasteiger partial charge on any atom is -0.492 e. The molecule has 0 aliphatic carbocycles. The van der Waals surface area contributed by atoms with E-state index in [4.69, 9.17) is 4.74 Å². The molecule has 1 atom stereocenters. The summed E-state index contributed by atoms with van der Waals surface area (Å²) < 4.78 is 5.07. The Bertz CT molecular complexity index is 351. The summed E-state index contributed by atoms with van der Waals surface area (Å²) in [5, 5.41) is 5.23. The largest absolute Gasteiger partial charge is 0.492 e. The summed E-state index contributed by atoms with van der Waals surface area (Å²) in [6.07, 6.45) is 11.9. The van der Waals surface area contributed by atoms with Gasteiger partial charge in [-0.15, -0.1) is 0 Å². The highest BCUT2D eigenvalue weighted by Gasteiger charge is 2.17. The first kappa shape index (κ1) is 19.2. The topological polar surface area (TPSA) is 67.4 Å². The van der Waals surface area contributed by atoms with E-state index in [9.17, 15) is 9.59 Å². The second-order valence-corrected chi connectivity index (χ2v) is 4.67. The summed E-state index contributed by atoms with van der Waals surface area (Å²) in [4.78, 5) is 23.4. The van der Waals surface area contributed by atoms with E-state index in [0.29, 0.717) is 6.42 Å². The van der Waals surface area contributed by atoms with Crippen molar-refractivity contribution in [1.82, 2.24) is 10.6 Å². The quantitative estimate of drug-likeness (QED) is 0.349. The SMILES string of the molecule is CC/C=C/OCC(=O)N[C@@H](C/C=C/CCCC)C(=O)NC. The minimum atomic E-state index is -0.556. The van der Waals surface area contributed by atoms with Gasteiger partial charge in [-0.1, -0.05) is 44.9 Å². The van der Waals surface area contributed by atoms with Crippen molar-refractivity contribution >= 4 is 11.8 Å². The molecule has 0 aliphatic rings. The zero-order valence-electron chi connectivity index (χ0n) is 13.4. The number of nitrogens with one attached hydrogen (secondary N) is 2. The average Bonchev–Trinajstić information content (AvgIpc) is 2.49. The maximum absolute atomic E-state index is 11.7. The molecule has 0 aliphatic heterocycles. The van der Waals surface area contributed by atoms with Crippen LogP contribution in [-0.4, -0.2) is 31.5 Å². The molecule has 0 radical (unpaired) electrons. The van der Waals surface area contributed by atoms with Crippen LogP contribution in [0, 0.1) is 0 Å². The Hall–Kier alpha value is -1.78. The highest BCUT2D eigenvalue weighted by molar-refractivity contribution is 5.88. The van der Waals surface area contributed by atoms with Crippen LogP contribution in [0.1, 0.15) is 46.0 Å². The fraction of sp³-hybridized carbons (Fsp3) is 0.625. The molecule has 0 aromatic carbocycles. The molecule has 0 bridgehead atoms. The van der Waals surface area contributed by atoms with Crippen LogP contribution in [0.3, 0.4) is 0 Å². The van der Waals surface area contributed by atoms with Crippen molar-refractivity contribution < 1.29 is 14.3 Å². The Morgan fingerprint density at radius 3 is 2.57 bits per heavy atom. The van der Waals surface area contributed by atoms with Gasteiger partial charge in [0, 0.05) is 7.05 Å². The van der Waals surface area contributed by atoms with Crippen molar-refractivity contribution in [1.29, 1.82) is 0 Å². The van der Waals surface area contributed by atoms with Gasteiger partial charge in [0.1, 0.15) is 6.04 Å². The third kappa shape index (κ3) is 10.6. The maximum atomic E-state index is 11.7. The lowest BCUT2D eigenvalue weighted by Gasteiger charge is -2.15. The van der Waals surface area contributed by atoms with E-state index in [1.54, 1.807) is 7.05 Å². The average molecular weight is 296 g/mol. The first-order chi connectivity index (χ1) is 10.2. The number of allylic oxidation sites excluding steroid dienone is 2. The van der Waals surface area contributed by atoms with Crippen LogP contribution in [0.5, 0.6) is 0 Å². The molecule has 0 fully saturated rings. The Kier molecular flexibility index (Phi) is 12.1. The highest BCUT2D eigenvalue weighted by atomic mass is 16.5. The third-order valence-corrected chi connectivity index (χ3v) is 2.80. The number of amides is 2. The van der Waals surface area contributed by atoms with Gasteiger partial charge in [-0.25, -0.2) is 0 Å². The first-order valence-corrected chi connectivity index (χ1v) is 7.58. The molecule has 5 nitrogen and oxygen atoms in total. The molecule has 0 heterocycles. The third-order valence-electron chi connectivity index (χ3n) is 2.80. The van der Waals surface area contributed by atoms with Crippen LogP contribution in [-0.2, 0) is 14.3 Å². The summed E-state index contributed by atoms with van der Waals surface area (Å²) >= 11 is 0. The van der Waals surface area contributed by atoms with Crippen LogP contribution < -0.4 is 10.6 Å². The Labute approximate surface area is 127 Å². The molecule has 0 saturated heterocycles. The molecule has 0 spiro atoms. The summed E-state index contributed by atoms with van der Waals surface area (Å²) in [5.74, 6) is -0.501. The highest BCUT2D eigenvalue weighted by Crippen LogP contribution is 1.99. The monoisotopic (exact) mass is 296 g/mol. The Morgan fingerprint density at radius 1 is 1.19 bits per heavy atom. The standard InChI is InChI=1S/C16H28N2O3/c1-4-6-8-9-10-11-14(16(20)17-3)18-15(19)13-21-12-7-5-2/h7,9-10,12,14H,4-6,8,11,13H2,1-3H3,(H,17,20)(H,18,19)/b10-9+,12-7+/t14-/m0/s1. The van der Waals surface area contributed by atoms with Crippen molar-refractivity contribution in [2.24, 2.45) is 0 Å². The summed E-state index contributed by atoms with van der Waals surface area (Å²) in [6.45, 7) is 4.03.